The third kappa shape index (κ3) is 3.26. The molecule has 156 valence electrons. The highest BCUT2D eigenvalue weighted by Gasteiger charge is 2.34. The third-order valence-electron chi connectivity index (χ3n) is 5.70. The predicted octanol–water partition coefficient (Wildman–Crippen LogP) is 5.94. The number of amides is 1. The summed E-state index contributed by atoms with van der Waals surface area (Å²) >= 11 is 0. The molecular weight excluding hydrogens is 403 g/mol. The van der Waals surface area contributed by atoms with Crippen molar-refractivity contribution in [3.05, 3.63) is 84.3 Å². The van der Waals surface area contributed by atoms with E-state index in [1.165, 1.54) is 12.1 Å². The lowest BCUT2D eigenvalue weighted by molar-refractivity contribution is -0.137. The lowest BCUT2D eigenvalue weighted by Gasteiger charge is -2.33. The Balaban J connectivity index is 1.56. The van der Waals surface area contributed by atoms with E-state index in [1.807, 2.05) is 54.1 Å². The number of carbonyl (C=O) groups is 1. The van der Waals surface area contributed by atoms with Crippen molar-refractivity contribution in [3.8, 4) is 11.1 Å². The first-order valence-electron chi connectivity index (χ1n) is 9.88. The van der Waals surface area contributed by atoms with Crippen LogP contribution in [0.5, 0.6) is 0 Å². The van der Waals surface area contributed by atoms with E-state index < -0.39 is 11.7 Å². The van der Waals surface area contributed by atoms with E-state index in [4.69, 9.17) is 0 Å². The van der Waals surface area contributed by atoms with Gasteiger partial charge in [0, 0.05) is 41.6 Å². The Bertz CT molecular complexity index is 1290. The molecule has 0 fully saturated rings. The molecule has 0 saturated heterocycles. The largest absolute Gasteiger partial charge is 0.416 e. The van der Waals surface area contributed by atoms with Gasteiger partial charge in [0.05, 0.1) is 11.1 Å². The molecule has 0 unspecified atom stereocenters. The molecule has 0 N–H and O–H groups in total. The van der Waals surface area contributed by atoms with Crippen LogP contribution >= 0.6 is 0 Å². The minimum atomic E-state index is -4.41. The van der Waals surface area contributed by atoms with Crippen LogP contribution in [0.3, 0.4) is 0 Å². The topological polar surface area (TPSA) is 38.1 Å². The Kier molecular flexibility index (Phi) is 4.36. The van der Waals surface area contributed by atoms with Gasteiger partial charge in [0.25, 0.3) is 5.91 Å². The smallest absolute Gasteiger partial charge is 0.338 e. The summed E-state index contributed by atoms with van der Waals surface area (Å²) < 4.78 is 40.7. The Morgan fingerprint density at radius 3 is 2.55 bits per heavy atom. The zero-order valence-corrected chi connectivity index (χ0v) is 16.6. The van der Waals surface area contributed by atoms with Crippen molar-refractivity contribution in [2.45, 2.75) is 19.1 Å². The van der Waals surface area contributed by atoms with Crippen LogP contribution in [-0.2, 0) is 6.18 Å². The summed E-state index contributed by atoms with van der Waals surface area (Å²) in [6, 6.07) is 16.3. The van der Waals surface area contributed by atoms with Crippen molar-refractivity contribution in [1.29, 1.82) is 0 Å². The number of hydrogen-bond acceptors (Lipinski definition) is 2. The maximum Gasteiger partial charge on any atom is 0.416 e. The van der Waals surface area contributed by atoms with Gasteiger partial charge in [-0.2, -0.15) is 13.2 Å². The van der Waals surface area contributed by atoms with Gasteiger partial charge in [-0.25, -0.2) is 0 Å². The second kappa shape index (κ2) is 6.97. The van der Waals surface area contributed by atoms with E-state index in [-0.39, 0.29) is 11.9 Å². The standard InChI is InChI=1S/C24H18F3N3O/c1-15-14-30(19-7-5-18(6-8-19)24(25,26)27)23(31)22-20(10-12-29(15)22)16-4-9-21-17(13-16)3-2-11-28-21/h2-13,15H,14H2,1H3/t15-/m0/s1. The lowest BCUT2D eigenvalue weighted by atomic mass is 10.0. The van der Waals surface area contributed by atoms with E-state index in [0.29, 0.717) is 17.9 Å². The number of anilines is 1. The molecule has 31 heavy (non-hydrogen) atoms. The van der Waals surface area contributed by atoms with Crippen LogP contribution in [0.4, 0.5) is 18.9 Å². The molecule has 5 rings (SSSR count). The van der Waals surface area contributed by atoms with E-state index in [0.717, 1.165) is 34.2 Å². The highest BCUT2D eigenvalue weighted by molar-refractivity contribution is 6.10. The number of carbonyl (C=O) groups excluding carboxylic acids is 1. The number of rotatable bonds is 2. The number of pyridine rings is 1. The molecule has 4 aromatic rings. The van der Waals surface area contributed by atoms with Crippen molar-refractivity contribution in [3.63, 3.8) is 0 Å². The fraction of sp³-hybridized carbons (Fsp3) is 0.167. The minimum absolute atomic E-state index is 0.0223. The maximum absolute atomic E-state index is 13.4. The van der Waals surface area contributed by atoms with Crippen LogP contribution < -0.4 is 4.90 Å². The number of benzene rings is 2. The van der Waals surface area contributed by atoms with Crippen molar-refractivity contribution in [2.24, 2.45) is 0 Å². The number of halogens is 3. The van der Waals surface area contributed by atoms with Gasteiger partial charge in [-0.05, 0) is 61.0 Å². The zero-order chi connectivity index (χ0) is 21.8. The molecule has 0 radical (unpaired) electrons. The molecule has 0 bridgehead atoms. The van der Waals surface area contributed by atoms with Gasteiger partial charge in [-0.15, -0.1) is 0 Å². The monoisotopic (exact) mass is 421 g/mol. The molecule has 1 aliphatic heterocycles. The summed E-state index contributed by atoms with van der Waals surface area (Å²) in [5.41, 5.74) is 2.80. The van der Waals surface area contributed by atoms with Crippen molar-refractivity contribution in [2.75, 3.05) is 11.4 Å². The van der Waals surface area contributed by atoms with Crippen molar-refractivity contribution in [1.82, 2.24) is 9.55 Å². The first-order chi connectivity index (χ1) is 14.8. The van der Waals surface area contributed by atoms with E-state index >= 15 is 0 Å². The van der Waals surface area contributed by atoms with E-state index in [9.17, 15) is 18.0 Å². The van der Waals surface area contributed by atoms with Gasteiger partial charge >= 0.3 is 6.18 Å². The van der Waals surface area contributed by atoms with Crippen LogP contribution in [0.2, 0.25) is 0 Å². The van der Waals surface area contributed by atoms with Crippen LogP contribution in [0.1, 0.15) is 29.0 Å². The number of alkyl halides is 3. The van der Waals surface area contributed by atoms with Crippen LogP contribution in [0.25, 0.3) is 22.0 Å². The molecule has 3 heterocycles. The molecule has 0 aliphatic carbocycles. The summed E-state index contributed by atoms with van der Waals surface area (Å²) in [6.07, 6.45) is -0.787. The summed E-state index contributed by atoms with van der Waals surface area (Å²) in [5, 5.41) is 0.968. The molecule has 2 aromatic carbocycles. The summed E-state index contributed by atoms with van der Waals surface area (Å²) in [6.45, 7) is 2.37. The number of fused-ring (bicyclic) bond motifs is 2. The van der Waals surface area contributed by atoms with Gasteiger partial charge in [-0.1, -0.05) is 12.1 Å². The molecule has 4 nitrogen and oxygen atoms in total. The second-order valence-corrected chi connectivity index (χ2v) is 7.71. The predicted molar refractivity (Wildman–Crippen MR) is 113 cm³/mol. The number of aromatic nitrogens is 2. The molecule has 1 amide bonds. The van der Waals surface area contributed by atoms with Gasteiger partial charge in [0.2, 0.25) is 0 Å². The van der Waals surface area contributed by atoms with Crippen LogP contribution in [0, 0.1) is 0 Å². The highest BCUT2D eigenvalue weighted by Crippen LogP contribution is 2.36. The van der Waals surface area contributed by atoms with Gasteiger partial charge in [-0.3, -0.25) is 9.78 Å². The maximum atomic E-state index is 13.4. The fourth-order valence-corrected chi connectivity index (χ4v) is 4.13. The van der Waals surface area contributed by atoms with Crippen LogP contribution in [-0.4, -0.2) is 22.0 Å². The summed E-state index contributed by atoms with van der Waals surface area (Å²) in [7, 11) is 0. The Hall–Kier alpha value is -3.61. The molecule has 0 spiro atoms. The first kappa shape index (κ1) is 19.4. The minimum Gasteiger partial charge on any atom is -0.338 e. The molecule has 1 atom stereocenters. The molecule has 0 saturated carbocycles. The van der Waals surface area contributed by atoms with Crippen LogP contribution in [0.15, 0.2) is 73.1 Å². The molecule has 1 aliphatic rings. The van der Waals surface area contributed by atoms with Gasteiger partial charge in [0.15, 0.2) is 0 Å². The van der Waals surface area contributed by atoms with E-state index in [2.05, 4.69) is 4.98 Å². The SMILES string of the molecule is C[C@H]1CN(c2ccc(C(F)(F)F)cc2)C(=O)c2c(-c3ccc4ncccc4c3)ccn21. The summed E-state index contributed by atoms with van der Waals surface area (Å²) in [5.74, 6) is -0.232. The Labute approximate surface area is 176 Å². The molecule has 7 heteroatoms. The average molecular weight is 421 g/mol. The summed E-state index contributed by atoms with van der Waals surface area (Å²) in [4.78, 5) is 19.3. The zero-order valence-electron chi connectivity index (χ0n) is 16.6. The van der Waals surface area contributed by atoms with Gasteiger partial charge in [0.1, 0.15) is 5.69 Å². The quantitative estimate of drug-likeness (QED) is 0.402. The first-order valence-corrected chi connectivity index (χ1v) is 9.88. The number of hydrogen-bond donors (Lipinski definition) is 0. The fourth-order valence-electron chi connectivity index (χ4n) is 4.13. The Morgan fingerprint density at radius 2 is 1.81 bits per heavy atom. The number of nitrogens with zero attached hydrogens (tertiary/aromatic N) is 3. The molecule has 2 aromatic heterocycles. The van der Waals surface area contributed by atoms with Crippen molar-refractivity contribution >= 4 is 22.5 Å². The third-order valence-corrected chi connectivity index (χ3v) is 5.70. The highest BCUT2D eigenvalue weighted by atomic mass is 19.4. The van der Waals surface area contributed by atoms with Crippen molar-refractivity contribution < 1.29 is 18.0 Å². The second-order valence-electron chi connectivity index (χ2n) is 7.71. The normalized spacial score (nSPS) is 16.6. The average Bonchev–Trinajstić information content (AvgIpc) is 3.22. The molecular formula is C24H18F3N3O. The Morgan fingerprint density at radius 1 is 1.03 bits per heavy atom. The van der Waals surface area contributed by atoms with E-state index in [1.54, 1.807) is 11.1 Å². The van der Waals surface area contributed by atoms with Gasteiger partial charge < -0.3 is 9.47 Å². The lowest BCUT2D eigenvalue weighted by Crippen LogP contribution is -2.42.